The van der Waals surface area contributed by atoms with Crippen LogP contribution in [0.2, 0.25) is 0 Å². The van der Waals surface area contributed by atoms with Crippen LogP contribution in [-0.2, 0) is 5.75 Å². The number of carbonyl (C=O) groups excluding carboxylic acids is 1. The molecule has 0 aromatic heterocycles. The SMILES string of the molecule is Cc1ccc(C(=O)C[C@@H](SCc2c(C)c(C)c(C)c(C)c2C)c2cccc([N+](=O)[O-])c2)cc1. The van der Waals surface area contributed by atoms with E-state index in [2.05, 4.69) is 34.6 Å². The van der Waals surface area contributed by atoms with Crippen molar-refractivity contribution in [2.45, 2.75) is 59.0 Å². The number of nitro groups is 1. The van der Waals surface area contributed by atoms with Gasteiger partial charge in [-0.2, -0.15) is 0 Å². The van der Waals surface area contributed by atoms with E-state index in [0.29, 0.717) is 5.56 Å². The van der Waals surface area contributed by atoms with Crippen LogP contribution in [0.15, 0.2) is 48.5 Å². The van der Waals surface area contributed by atoms with Crippen molar-refractivity contribution in [3.05, 3.63) is 109 Å². The molecule has 0 aliphatic heterocycles. The Labute approximate surface area is 200 Å². The molecule has 0 aliphatic rings. The lowest BCUT2D eigenvalue weighted by molar-refractivity contribution is -0.384. The predicted molar refractivity (Wildman–Crippen MR) is 137 cm³/mol. The van der Waals surface area contributed by atoms with Crippen LogP contribution in [-0.4, -0.2) is 10.7 Å². The zero-order chi connectivity index (χ0) is 24.3. The molecule has 0 saturated carbocycles. The molecule has 0 aliphatic carbocycles. The number of aryl methyl sites for hydroxylation is 1. The van der Waals surface area contributed by atoms with Crippen LogP contribution >= 0.6 is 11.8 Å². The first-order valence-corrected chi connectivity index (χ1v) is 12.2. The first kappa shape index (κ1) is 24.7. The minimum Gasteiger partial charge on any atom is -0.294 e. The third-order valence-corrected chi connectivity index (χ3v) is 8.08. The Morgan fingerprint density at radius 3 is 2.03 bits per heavy atom. The van der Waals surface area contributed by atoms with Crippen molar-refractivity contribution in [2.24, 2.45) is 0 Å². The first-order valence-electron chi connectivity index (χ1n) is 11.1. The highest BCUT2D eigenvalue weighted by atomic mass is 32.2. The standard InChI is InChI=1S/C28H31NO3S/c1-17-10-12-23(13-11-17)27(30)15-28(24-8-7-9-25(14-24)29(31)32)33-16-26-21(5)19(3)18(2)20(4)22(26)6/h7-14,28H,15-16H2,1-6H3/t28-/m1/s1. The smallest absolute Gasteiger partial charge is 0.269 e. The lowest BCUT2D eigenvalue weighted by Gasteiger charge is -2.21. The lowest BCUT2D eigenvalue weighted by atomic mass is 9.90. The van der Waals surface area contributed by atoms with Crippen molar-refractivity contribution in [3.8, 4) is 0 Å². The Morgan fingerprint density at radius 2 is 1.45 bits per heavy atom. The number of nitro benzene ring substituents is 1. The van der Waals surface area contributed by atoms with Crippen LogP contribution in [0.5, 0.6) is 0 Å². The fourth-order valence-corrected chi connectivity index (χ4v) is 5.52. The molecule has 0 fully saturated rings. The van der Waals surface area contributed by atoms with Gasteiger partial charge in [0.15, 0.2) is 5.78 Å². The van der Waals surface area contributed by atoms with Gasteiger partial charge in [0.05, 0.1) is 4.92 Å². The Kier molecular flexibility index (Phi) is 7.75. The molecule has 33 heavy (non-hydrogen) atoms. The highest BCUT2D eigenvalue weighted by Crippen LogP contribution is 2.39. The molecule has 3 aromatic rings. The molecule has 0 radical (unpaired) electrons. The van der Waals surface area contributed by atoms with E-state index in [-0.39, 0.29) is 28.1 Å². The molecule has 0 bridgehead atoms. The number of thioether (sulfide) groups is 1. The van der Waals surface area contributed by atoms with E-state index in [1.165, 1.54) is 39.4 Å². The predicted octanol–water partition coefficient (Wildman–Crippen LogP) is 7.69. The monoisotopic (exact) mass is 461 g/mol. The summed E-state index contributed by atoms with van der Waals surface area (Å²) >= 11 is 1.68. The molecule has 0 spiro atoms. The van der Waals surface area contributed by atoms with Gasteiger partial charge in [-0.25, -0.2) is 0 Å². The Bertz CT molecular complexity index is 1170. The summed E-state index contributed by atoms with van der Waals surface area (Å²) in [5, 5.41) is 11.2. The molecular weight excluding hydrogens is 430 g/mol. The van der Waals surface area contributed by atoms with E-state index in [1.54, 1.807) is 23.9 Å². The van der Waals surface area contributed by atoms with Crippen molar-refractivity contribution in [2.75, 3.05) is 0 Å². The molecule has 0 saturated heterocycles. The van der Waals surface area contributed by atoms with Gasteiger partial charge in [-0.3, -0.25) is 14.9 Å². The maximum absolute atomic E-state index is 13.1. The van der Waals surface area contributed by atoms with Gasteiger partial charge >= 0.3 is 0 Å². The van der Waals surface area contributed by atoms with Crippen LogP contribution in [0.3, 0.4) is 0 Å². The summed E-state index contributed by atoms with van der Waals surface area (Å²) in [6, 6.07) is 14.3. The van der Waals surface area contributed by atoms with E-state index in [0.717, 1.165) is 16.9 Å². The Balaban J connectivity index is 1.94. The minimum absolute atomic E-state index is 0.0451. The second-order valence-corrected chi connectivity index (χ2v) is 9.94. The molecule has 5 heteroatoms. The van der Waals surface area contributed by atoms with Gasteiger partial charge in [0, 0.05) is 35.1 Å². The Morgan fingerprint density at radius 1 is 0.879 bits per heavy atom. The fraction of sp³-hybridized carbons (Fsp3) is 0.321. The average molecular weight is 462 g/mol. The summed E-state index contributed by atoms with van der Waals surface area (Å²) < 4.78 is 0. The van der Waals surface area contributed by atoms with Crippen molar-refractivity contribution < 1.29 is 9.72 Å². The third kappa shape index (κ3) is 5.53. The van der Waals surface area contributed by atoms with Gasteiger partial charge in [-0.15, -0.1) is 11.8 Å². The van der Waals surface area contributed by atoms with E-state index in [4.69, 9.17) is 0 Å². The van der Waals surface area contributed by atoms with Crippen LogP contribution in [0.25, 0.3) is 0 Å². The van der Waals surface area contributed by atoms with Crippen LogP contribution < -0.4 is 0 Å². The number of Topliss-reactive ketones (excluding diaryl/α,β-unsaturated/α-hetero) is 1. The van der Waals surface area contributed by atoms with Gasteiger partial charge in [0.1, 0.15) is 0 Å². The molecule has 3 rings (SSSR count). The van der Waals surface area contributed by atoms with E-state index >= 15 is 0 Å². The highest BCUT2D eigenvalue weighted by molar-refractivity contribution is 7.98. The number of benzene rings is 3. The maximum Gasteiger partial charge on any atom is 0.269 e. The summed E-state index contributed by atoms with van der Waals surface area (Å²) in [5.41, 5.74) is 10.4. The maximum atomic E-state index is 13.1. The van der Waals surface area contributed by atoms with Crippen molar-refractivity contribution in [1.82, 2.24) is 0 Å². The molecule has 0 heterocycles. The molecule has 4 nitrogen and oxygen atoms in total. The molecule has 0 N–H and O–H groups in total. The first-order chi connectivity index (χ1) is 15.6. The molecule has 0 unspecified atom stereocenters. The normalized spacial score (nSPS) is 11.9. The van der Waals surface area contributed by atoms with Crippen molar-refractivity contribution in [1.29, 1.82) is 0 Å². The number of carbonyl (C=O) groups is 1. The van der Waals surface area contributed by atoms with Crippen LogP contribution in [0.1, 0.15) is 66.5 Å². The minimum atomic E-state index is -0.381. The topological polar surface area (TPSA) is 60.2 Å². The number of ketones is 1. The van der Waals surface area contributed by atoms with Gasteiger partial charge in [-0.05, 0) is 80.5 Å². The fourth-order valence-electron chi connectivity index (χ4n) is 4.12. The third-order valence-electron chi connectivity index (χ3n) is 6.78. The molecule has 1 atom stereocenters. The molecule has 172 valence electrons. The van der Waals surface area contributed by atoms with E-state index in [1.807, 2.05) is 37.3 Å². The van der Waals surface area contributed by atoms with Gasteiger partial charge in [0.25, 0.3) is 5.69 Å². The Hall–Kier alpha value is -2.92. The van der Waals surface area contributed by atoms with Crippen molar-refractivity contribution >= 4 is 23.2 Å². The van der Waals surface area contributed by atoms with Gasteiger partial charge in [-0.1, -0.05) is 42.0 Å². The second-order valence-electron chi connectivity index (χ2n) is 8.75. The quantitative estimate of drug-likeness (QED) is 0.196. The summed E-state index contributed by atoms with van der Waals surface area (Å²) in [5.74, 6) is 0.789. The zero-order valence-corrected chi connectivity index (χ0v) is 21.0. The highest BCUT2D eigenvalue weighted by Gasteiger charge is 2.22. The summed E-state index contributed by atoms with van der Waals surface area (Å²) in [6.07, 6.45) is 0.289. The summed E-state index contributed by atoms with van der Waals surface area (Å²) in [4.78, 5) is 24.1. The molecular formula is C28H31NO3S. The summed E-state index contributed by atoms with van der Waals surface area (Å²) in [7, 11) is 0. The number of nitrogens with zero attached hydrogens (tertiary/aromatic N) is 1. The number of hydrogen-bond acceptors (Lipinski definition) is 4. The zero-order valence-electron chi connectivity index (χ0n) is 20.2. The number of rotatable bonds is 8. The van der Waals surface area contributed by atoms with Crippen LogP contribution in [0.4, 0.5) is 5.69 Å². The largest absolute Gasteiger partial charge is 0.294 e. The number of hydrogen-bond donors (Lipinski definition) is 0. The van der Waals surface area contributed by atoms with E-state index < -0.39 is 0 Å². The number of non-ortho nitro benzene ring substituents is 1. The molecule has 3 aromatic carbocycles. The van der Waals surface area contributed by atoms with Gasteiger partial charge in [0.2, 0.25) is 0 Å². The van der Waals surface area contributed by atoms with Crippen LogP contribution in [0, 0.1) is 51.7 Å². The van der Waals surface area contributed by atoms with E-state index in [9.17, 15) is 14.9 Å². The summed E-state index contributed by atoms with van der Waals surface area (Å²) in [6.45, 7) is 12.8. The molecule has 0 amide bonds. The van der Waals surface area contributed by atoms with Gasteiger partial charge < -0.3 is 0 Å². The average Bonchev–Trinajstić information content (AvgIpc) is 2.81. The van der Waals surface area contributed by atoms with Crippen molar-refractivity contribution in [3.63, 3.8) is 0 Å². The lowest BCUT2D eigenvalue weighted by Crippen LogP contribution is -2.08. The second kappa shape index (κ2) is 10.3.